The van der Waals surface area contributed by atoms with Crippen LogP contribution in [0.5, 0.6) is 0 Å². The molecule has 2 N–H and O–H groups in total. The summed E-state index contributed by atoms with van der Waals surface area (Å²) in [4.78, 5) is 29.2. The van der Waals surface area contributed by atoms with E-state index in [1.54, 1.807) is 6.92 Å². The number of aryl methyl sites for hydroxylation is 1. The Morgan fingerprint density at radius 2 is 1.69 bits per heavy atom. The summed E-state index contributed by atoms with van der Waals surface area (Å²) in [5.41, 5.74) is 2.82. The van der Waals surface area contributed by atoms with Gasteiger partial charge < -0.3 is 19.9 Å². The number of hydrogen-bond donors (Lipinski definition) is 2. The van der Waals surface area contributed by atoms with Crippen LogP contribution >= 0.6 is 0 Å². The van der Waals surface area contributed by atoms with Gasteiger partial charge in [-0.2, -0.15) is 4.98 Å². The number of alkyl carbamates (subject to hydrolysis) is 1. The predicted molar refractivity (Wildman–Crippen MR) is 119 cm³/mol. The van der Waals surface area contributed by atoms with Gasteiger partial charge >= 0.3 is 6.09 Å². The zero-order chi connectivity index (χ0) is 23.1. The minimum Gasteiger partial charge on any atom is -0.445 e. The molecule has 0 spiro atoms. The Morgan fingerprint density at radius 1 is 1.00 bits per heavy atom. The Morgan fingerprint density at radius 3 is 2.34 bits per heavy atom. The normalized spacial score (nSPS) is 12.8. The fraction of sp³-hybridized carbons (Fsp3) is 0.333. The maximum Gasteiger partial charge on any atom is 0.408 e. The Bertz CT molecular complexity index is 1030. The van der Waals surface area contributed by atoms with Gasteiger partial charge in [0.15, 0.2) is 0 Å². The summed E-state index contributed by atoms with van der Waals surface area (Å²) >= 11 is 0. The Kier molecular flexibility index (Phi) is 7.59. The van der Waals surface area contributed by atoms with Gasteiger partial charge in [0, 0.05) is 5.56 Å². The van der Waals surface area contributed by atoms with Gasteiger partial charge in [0.2, 0.25) is 17.6 Å². The van der Waals surface area contributed by atoms with Crippen LogP contribution in [0, 0.1) is 12.8 Å². The number of rotatable bonds is 8. The van der Waals surface area contributed by atoms with Crippen LogP contribution in [0.25, 0.3) is 11.4 Å². The highest BCUT2D eigenvalue weighted by Crippen LogP contribution is 2.24. The van der Waals surface area contributed by atoms with Crippen molar-refractivity contribution in [2.45, 2.75) is 46.4 Å². The van der Waals surface area contributed by atoms with E-state index in [1.807, 2.05) is 75.4 Å². The van der Waals surface area contributed by atoms with Crippen LogP contribution in [0.15, 0.2) is 59.1 Å². The number of ether oxygens (including phenoxy) is 1. The molecular formula is C24H28N4O4. The molecule has 2 atom stereocenters. The Labute approximate surface area is 187 Å². The SMILES string of the molecule is Cc1ccc(-c2noc([C@@H](NC(=O)[C@@H](C)NC(=O)OCc3ccccc3)C(C)C)n2)cc1. The number of nitrogens with zero attached hydrogens (tertiary/aromatic N) is 2. The van der Waals surface area contributed by atoms with Gasteiger partial charge in [0.25, 0.3) is 0 Å². The smallest absolute Gasteiger partial charge is 0.408 e. The number of carbonyl (C=O) groups is 2. The van der Waals surface area contributed by atoms with E-state index in [4.69, 9.17) is 9.26 Å². The molecule has 8 heteroatoms. The van der Waals surface area contributed by atoms with E-state index in [0.717, 1.165) is 16.7 Å². The summed E-state index contributed by atoms with van der Waals surface area (Å²) in [6, 6.07) is 15.8. The third-order valence-corrected chi connectivity index (χ3v) is 4.92. The molecule has 0 saturated heterocycles. The molecule has 3 aromatic rings. The molecule has 0 aliphatic rings. The van der Waals surface area contributed by atoms with Crippen LogP contribution in [0.4, 0.5) is 4.79 Å². The molecule has 0 unspecified atom stereocenters. The number of hydrogen-bond acceptors (Lipinski definition) is 6. The second kappa shape index (κ2) is 10.6. The van der Waals surface area contributed by atoms with E-state index >= 15 is 0 Å². The van der Waals surface area contributed by atoms with Crippen molar-refractivity contribution in [3.8, 4) is 11.4 Å². The van der Waals surface area contributed by atoms with E-state index in [0.29, 0.717) is 11.7 Å². The van der Waals surface area contributed by atoms with Crippen LogP contribution in [0.2, 0.25) is 0 Å². The lowest BCUT2D eigenvalue weighted by Crippen LogP contribution is -2.46. The monoisotopic (exact) mass is 436 g/mol. The highest BCUT2D eigenvalue weighted by Gasteiger charge is 2.27. The second-order valence-corrected chi connectivity index (χ2v) is 7.98. The first-order valence-corrected chi connectivity index (χ1v) is 10.5. The van der Waals surface area contributed by atoms with Crippen molar-refractivity contribution in [3.05, 3.63) is 71.6 Å². The van der Waals surface area contributed by atoms with E-state index in [-0.39, 0.29) is 18.4 Å². The zero-order valence-corrected chi connectivity index (χ0v) is 18.7. The zero-order valence-electron chi connectivity index (χ0n) is 18.7. The molecule has 0 aliphatic heterocycles. The molecule has 3 rings (SSSR count). The molecule has 32 heavy (non-hydrogen) atoms. The van der Waals surface area contributed by atoms with Gasteiger partial charge in [-0.3, -0.25) is 4.79 Å². The predicted octanol–water partition coefficient (Wildman–Crippen LogP) is 4.17. The topological polar surface area (TPSA) is 106 Å². The van der Waals surface area contributed by atoms with Gasteiger partial charge in [-0.15, -0.1) is 0 Å². The number of amides is 2. The quantitative estimate of drug-likeness (QED) is 0.549. The van der Waals surface area contributed by atoms with E-state index < -0.39 is 18.2 Å². The summed E-state index contributed by atoms with van der Waals surface area (Å²) < 4.78 is 10.6. The third-order valence-electron chi connectivity index (χ3n) is 4.92. The van der Waals surface area contributed by atoms with Crippen molar-refractivity contribution in [2.24, 2.45) is 5.92 Å². The minimum atomic E-state index is -0.806. The van der Waals surface area contributed by atoms with Crippen LogP contribution < -0.4 is 10.6 Å². The molecule has 0 saturated carbocycles. The first-order chi connectivity index (χ1) is 15.3. The van der Waals surface area contributed by atoms with Crippen LogP contribution in [0.1, 0.15) is 43.8 Å². The van der Waals surface area contributed by atoms with Crippen LogP contribution in [0.3, 0.4) is 0 Å². The highest BCUT2D eigenvalue weighted by atomic mass is 16.5. The van der Waals surface area contributed by atoms with Crippen molar-refractivity contribution >= 4 is 12.0 Å². The van der Waals surface area contributed by atoms with Gasteiger partial charge in [0.05, 0.1) is 0 Å². The van der Waals surface area contributed by atoms with Crippen molar-refractivity contribution in [1.82, 2.24) is 20.8 Å². The molecule has 2 amide bonds. The number of carbonyl (C=O) groups excluding carboxylic acids is 2. The summed E-state index contributed by atoms with van der Waals surface area (Å²) in [5, 5.41) is 9.47. The summed E-state index contributed by atoms with van der Waals surface area (Å²) in [6.45, 7) is 7.59. The lowest BCUT2D eigenvalue weighted by Gasteiger charge is -2.21. The van der Waals surface area contributed by atoms with Gasteiger partial charge in [0.1, 0.15) is 18.7 Å². The number of nitrogens with one attached hydrogen (secondary N) is 2. The lowest BCUT2D eigenvalue weighted by molar-refractivity contribution is -0.124. The Hall–Kier alpha value is -3.68. The van der Waals surface area contributed by atoms with E-state index in [1.165, 1.54) is 0 Å². The van der Waals surface area contributed by atoms with Crippen LogP contribution in [-0.2, 0) is 16.1 Å². The van der Waals surface area contributed by atoms with Gasteiger partial charge in [-0.05, 0) is 25.3 Å². The summed E-state index contributed by atoms with van der Waals surface area (Å²) in [6.07, 6.45) is -0.669. The molecule has 0 radical (unpaired) electrons. The number of aromatic nitrogens is 2. The molecule has 0 bridgehead atoms. The van der Waals surface area contributed by atoms with Crippen molar-refractivity contribution in [1.29, 1.82) is 0 Å². The maximum absolute atomic E-state index is 12.7. The maximum atomic E-state index is 12.7. The second-order valence-electron chi connectivity index (χ2n) is 7.98. The standard InChI is InChI=1S/C24H28N4O4/c1-15(2)20(23-27-21(28-32-23)19-12-10-16(3)11-13-19)26-22(29)17(4)25-24(30)31-14-18-8-6-5-7-9-18/h5-13,15,17,20H,14H2,1-4H3,(H,25,30)(H,26,29)/t17-,20+/m1/s1. The molecule has 168 valence electrons. The van der Waals surface area contributed by atoms with Gasteiger partial charge in [-0.25, -0.2) is 4.79 Å². The Balaban J connectivity index is 1.58. The summed E-state index contributed by atoms with van der Waals surface area (Å²) in [5.74, 6) is 0.372. The minimum absolute atomic E-state index is 0.0116. The molecule has 0 fully saturated rings. The highest BCUT2D eigenvalue weighted by molar-refractivity contribution is 5.85. The molecule has 0 aliphatic carbocycles. The van der Waals surface area contributed by atoms with Crippen molar-refractivity contribution < 1.29 is 18.8 Å². The van der Waals surface area contributed by atoms with Crippen LogP contribution in [-0.4, -0.2) is 28.2 Å². The third kappa shape index (κ3) is 6.16. The fourth-order valence-corrected chi connectivity index (χ4v) is 2.98. The first-order valence-electron chi connectivity index (χ1n) is 10.5. The first kappa shape index (κ1) is 23.0. The molecule has 1 heterocycles. The van der Waals surface area contributed by atoms with Crippen molar-refractivity contribution in [3.63, 3.8) is 0 Å². The average molecular weight is 437 g/mol. The lowest BCUT2D eigenvalue weighted by atomic mass is 10.0. The summed E-state index contributed by atoms with van der Waals surface area (Å²) in [7, 11) is 0. The van der Waals surface area contributed by atoms with Gasteiger partial charge in [-0.1, -0.05) is 79.2 Å². The number of benzene rings is 2. The van der Waals surface area contributed by atoms with E-state index in [9.17, 15) is 9.59 Å². The molecule has 2 aromatic carbocycles. The van der Waals surface area contributed by atoms with E-state index in [2.05, 4.69) is 20.8 Å². The average Bonchev–Trinajstić information content (AvgIpc) is 3.26. The molecule has 8 nitrogen and oxygen atoms in total. The molecular weight excluding hydrogens is 408 g/mol. The largest absolute Gasteiger partial charge is 0.445 e. The molecule has 1 aromatic heterocycles. The fourth-order valence-electron chi connectivity index (χ4n) is 2.98. The van der Waals surface area contributed by atoms with Crippen molar-refractivity contribution in [2.75, 3.05) is 0 Å².